The van der Waals surface area contributed by atoms with Gasteiger partial charge in [0.15, 0.2) is 0 Å². The predicted molar refractivity (Wildman–Crippen MR) is 100 cm³/mol. The van der Waals surface area contributed by atoms with Gasteiger partial charge in [0.05, 0.1) is 7.11 Å². The van der Waals surface area contributed by atoms with Crippen LogP contribution in [0.5, 0.6) is 5.75 Å². The lowest BCUT2D eigenvalue weighted by Gasteiger charge is -2.09. The first-order valence-electron chi connectivity index (χ1n) is 7.44. The van der Waals surface area contributed by atoms with Crippen molar-refractivity contribution in [3.63, 3.8) is 0 Å². The molecule has 0 aliphatic carbocycles. The van der Waals surface area contributed by atoms with Crippen molar-refractivity contribution in [3.8, 4) is 5.75 Å². The number of methoxy groups -OCH3 is 1. The summed E-state index contributed by atoms with van der Waals surface area (Å²) in [6.07, 6.45) is 1.35. The zero-order valence-corrected chi connectivity index (χ0v) is 14.9. The number of rotatable bonds is 5. The molecule has 0 aliphatic rings. The first-order chi connectivity index (χ1) is 12.1. The molecule has 126 valence electrons. The van der Waals surface area contributed by atoms with Gasteiger partial charge in [0.2, 0.25) is 0 Å². The van der Waals surface area contributed by atoms with Gasteiger partial charge < -0.3 is 15.4 Å². The Balaban J connectivity index is 1.75. The molecule has 0 spiro atoms. The molecular weight excluding hydrogens is 384 g/mol. The topological polar surface area (TPSA) is 76.1 Å². The number of ether oxygens (including phenoxy) is 1. The minimum atomic E-state index is -0.326. The standard InChI is InChI=1S/C18H15BrN4O2/c1-25-15-7-3-6-14(9-15)23-18(24)16-10-17(21-11-20-16)22-13-5-2-4-12(19)8-13/h2-11H,1H3,(H,23,24)(H,20,21,22). The van der Waals surface area contributed by atoms with Gasteiger partial charge in [-0.15, -0.1) is 0 Å². The van der Waals surface area contributed by atoms with Crippen molar-refractivity contribution in [2.24, 2.45) is 0 Å². The summed E-state index contributed by atoms with van der Waals surface area (Å²) in [6, 6.07) is 16.4. The van der Waals surface area contributed by atoms with Crippen LogP contribution in [0.1, 0.15) is 10.5 Å². The fourth-order valence-corrected chi connectivity index (χ4v) is 2.56. The monoisotopic (exact) mass is 398 g/mol. The smallest absolute Gasteiger partial charge is 0.274 e. The summed E-state index contributed by atoms with van der Waals surface area (Å²) < 4.78 is 6.09. The van der Waals surface area contributed by atoms with Crippen LogP contribution in [0, 0.1) is 0 Å². The van der Waals surface area contributed by atoms with E-state index in [4.69, 9.17) is 4.74 Å². The highest BCUT2D eigenvalue weighted by molar-refractivity contribution is 9.10. The van der Waals surface area contributed by atoms with E-state index in [-0.39, 0.29) is 11.6 Å². The van der Waals surface area contributed by atoms with Gasteiger partial charge in [-0.3, -0.25) is 4.79 Å². The molecule has 0 fully saturated rings. The molecule has 1 aromatic heterocycles. The molecule has 3 aromatic rings. The van der Waals surface area contributed by atoms with E-state index in [0.29, 0.717) is 17.3 Å². The largest absolute Gasteiger partial charge is 0.497 e. The molecule has 0 atom stereocenters. The number of aromatic nitrogens is 2. The lowest BCUT2D eigenvalue weighted by Crippen LogP contribution is -2.14. The molecule has 0 bridgehead atoms. The van der Waals surface area contributed by atoms with Crippen LogP contribution >= 0.6 is 15.9 Å². The van der Waals surface area contributed by atoms with Crippen molar-refractivity contribution in [2.75, 3.05) is 17.7 Å². The van der Waals surface area contributed by atoms with Gasteiger partial charge in [-0.1, -0.05) is 28.1 Å². The summed E-state index contributed by atoms with van der Waals surface area (Å²) in [6.45, 7) is 0. The van der Waals surface area contributed by atoms with Gasteiger partial charge in [-0.2, -0.15) is 0 Å². The fraction of sp³-hybridized carbons (Fsp3) is 0.0556. The highest BCUT2D eigenvalue weighted by atomic mass is 79.9. The summed E-state index contributed by atoms with van der Waals surface area (Å²) >= 11 is 3.41. The molecular formula is C18H15BrN4O2. The second kappa shape index (κ2) is 7.76. The summed E-state index contributed by atoms with van der Waals surface area (Å²) in [7, 11) is 1.57. The molecule has 1 amide bonds. The van der Waals surface area contributed by atoms with E-state index in [2.05, 4.69) is 36.5 Å². The van der Waals surface area contributed by atoms with E-state index in [1.165, 1.54) is 6.33 Å². The first kappa shape index (κ1) is 16.9. The third kappa shape index (κ3) is 4.54. The molecule has 2 N–H and O–H groups in total. The third-order valence-electron chi connectivity index (χ3n) is 3.32. The van der Waals surface area contributed by atoms with Crippen molar-refractivity contribution >= 4 is 39.0 Å². The lowest BCUT2D eigenvalue weighted by molar-refractivity contribution is 0.102. The maximum atomic E-state index is 12.4. The Labute approximate surface area is 153 Å². The molecule has 2 aromatic carbocycles. The highest BCUT2D eigenvalue weighted by Gasteiger charge is 2.10. The van der Waals surface area contributed by atoms with Crippen molar-refractivity contribution in [1.82, 2.24) is 9.97 Å². The predicted octanol–water partition coefficient (Wildman–Crippen LogP) is 4.24. The van der Waals surface area contributed by atoms with Crippen molar-refractivity contribution in [2.45, 2.75) is 0 Å². The average molecular weight is 399 g/mol. The second-order valence-electron chi connectivity index (χ2n) is 5.11. The van der Waals surface area contributed by atoms with Crippen LogP contribution in [0.15, 0.2) is 65.4 Å². The number of hydrogen-bond donors (Lipinski definition) is 2. The Hall–Kier alpha value is -2.93. The van der Waals surface area contributed by atoms with E-state index < -0.39 is 0 Å². The molecule has 0 saturated heterocycles. The Kier molecular flexibility index (Phi) is 5.25. The number of nitrogens with one attached hydrogen (secondary N) is 2. The summed E-state index contributed by atoms with van der Waals surface area (Å²) in [5.41, 5.74) is 1.74. The molecule has 25 heavy (non-hydrogen) atoms. The van der Waals surface area contributed by atoms with E-state index in [1.807, 2.05) is 24.3 Å². The summed E-state index contributed by atoms with van der Waals surface area (Å²) in [4.78, 5) is 20.6. The number of amides is 1. The third-order valence-corrected chi connectivity index (χ3v) is 3.82. The Morgan fingerprint density at radius 2 is 1.84 bits per heavy atom. The number of anilines is 3. The van der Waals surface area contributed by atoms with Gasteiger partial charge in [0.1, 0.15) is 23.6 Å². The van der Waals surface area contributed by atoms with Crippen LogP contribution in [0.3, 0.4) is 0 Å². The minimum absolute atomic E-state index is 0.260. The van der Waals surface area contributed by atoms with E-state index in [9.17, 15) is 4.79 Å². The number of carbonyl (C=O) groups excluding carboxylic acids is 1. The molecule has 0 unspecified atom stereocenters. The zero-order valence-electron chi connectivity index (χ0n) is 13.4. The quantitative estimate of drug-likeness (QED) is 0.671. The second-order valence-corrected chi connectivity index (χ2v) is 6.03. The van der Waals surface area contributed by atoms with Crippen LogP contribution in [-0.4, -0.2) is 23.0 Å². The van der Waals surface area contributed by atoms with Crippen LogP contribution in [-0.2, 0) is 0 Å². The van der Waals surface area contributed by atoms with Crippen LogP contribution in [0.4, 0.5) is 17.2 Å². The molecule has 0 aliphatic heterocycles. The number of benzene rings is 2. The normalized spacial score (nSPS) is 10.2. The van der Waals surface area contributed by atoms with Gasteiger partial charge >= 0.3 is 0 Å². The molecule has 0 radical (unpaired) electrons. The fourth-order valence-electron chi connectivity index (χ4n) is 2.16. The maximum absolute atomic E-state index is 12.4. The molecule has 1 heterocycles. The van der Waals surface area contributed by atoms with Crippen LogP contribution in [0.2, 0.25) is 0 Å². The lowest BCUT2D eigenvalue weighted by atomic mass is 10.2. The zero-order chi connectivity index (χ0) is 17.6. The average Bonchev–Trinajstić information content (AvgIpc) is 2.62. The molecule has 6 nitrogen and oxygen atoms in total. The number of nitrogens with zero attached hydrogens (tertiary/aromatic N) is 2. The maximum Gasteiger partial charge on any atom is 0.274 e. The summed E-state index contributed by atoms with van der Waals surface area (Å²) in [5, 5.41) is 5.93. The molecule has 3 rings (SSSR count). The van der Waals surface area contributed by atoms with Gasteiger partial charge in [-0.25, -0.2) is 9.97 Å². The number of hydrogen-bond acceptors (Lipinski definition) is 5. The highest BCUT2D eigenvalue weighted by Crippen LogP contribution is 2.20. The molecule has 7 heteroatoms. The van der Waals surface area contributed by atoms with Gasteiger partial charge in [0.25, 0.3) is 5.91 Å². The van der Waals surface area contributed by atoms with Gasteiger partial charge in [0, 0.05) is 28.0 Å². The van der Waals surface area contributed by atoms with Crippen molar-refractivity contribution in [3.05, 3.63) is 71.1 Å². The van der Waals surface area contributed by atoms with Crippen LogP contribution < -0.4 is 15.4 Å². The SMILES string of the molecule is COc1cccc(NC(=O)c2cc(Nc3cccc(Br)c3)ncn2)c1. The Morgan fingerprint density at radius 1 is 1.04 bits per heavy atom. The Bertz CT molecular complexity index is 902. The van der Waals surface area contributed by atoms with Crippen molar-refractivity contribution < 1.29 is 9.53 Å². The van der Waals surface area contributed by atoms with E-state index in [0.717, 1.165) is 10.2 Å². The van der Waals surface area contributed by atoms with Crippen molar-refractivity contribution in [1.29, 1.82) is 0 Å². The number of carbonyl (C=O) groups is 1. The van der Waals surface area contributed by atoms with Crippen LogP contribution in [0.25, 0.3) is 0 Å². The number of halogens is 1. The molecule has 0 saturated carbocycles. The first-order valence-corrected chi connectivity index (χ1v) is 8.23. The Morgan fingerprint density at radius 3 is 2.64 bits per heavy atom. The summed E-state index contributed by atoms with van der Waals surface area (Å²) in [5.74, 6) is 0.870. The van der Waals surface area contributed by atoms with Gasteiger partial charge in [-0.05, 0) is 30.3 Å². The minimum Gasteiger partial charge on any atom is -0.497 e. The van der Waals surface area contributed by atoms with E-state index in [1.54, 1.807) is 37.4 Å². The van der Waals surface area contributed by atoms with E-state index >= 15 is 0 Å².